The van der Waals surface area contributed by atoms with Crippen molar-refractivity contribution in [3.05, 3.63) is 33.8 Å². The van der Waals surface area contributed by atoms with E-state index < -0.39 is 0 Å². The maximum absolute atomic E-state index is 12.0. The van der Waals surface area contributed by atoms with Gasteiger partial charge >= 0.3 is 0 Å². The number of carbonyl (C=O) groups excluding carboxylic acids is 1. The van der Waals surface area contributed by atoms with Gasteiger partial charge in [-0.05, 0) is 18.6 Å². The van der Waals surface area contributed by atoms with Crippen LogP contribution in [0.15, 0.2) is 18.2 Å². The number of halogens is 3. The molecule has 1 aromatic carbocycles. The zero-order chi connectivity index (χ0) is 14.5. The molecule has 4 nitrogen and oxygen atoms in total. The van der Waals surface area contributed by atoms with E-state index in [4.69, 9.17) is 27.9 Å². The van der Waals surface area contributed by atoms with Crippen molar-refractivity contribution in [2.75, 3.05) is 19.8 Å². The molecular formula is C14H19Cl3N2O2. The summed E-state index contributed by atoms with van der Waals surface area (Å²) in [5.74, 6) is -0.0310. The number of rotatable bonds is 4. The van der Waals surface area contributed by atoms with Gasteiger partial charge in [-0.2, -0.15) is 0 Å². The molecule has 1 aromatic rings. The van der Waals surface area contributed by atoms with E-state index in [1.54, 1.807) is 6.07 Å². The number of hydrogen-bond acceptors (Lipinski definition) is 3. The second-order valence-electron chi connectivity index (χ2n) is 4.86. The first kappa shape index (κ1) is 18.5. The van der Waals surface area contributed by atoms with Crippen molar-refractivity contribution >= 4 is 41.5 Å². The molecule has 1 fully saturated rings. The summed E-state index contributed by atoms with van der Waals surface area (Å²) in [4.78, 5) is 12.0. The van der Waals surface area contributed by atoms with Gasteiger partial charge in [0.25, 0.3) is 0 Å². The zero-order valence-electron chi connectivity index (χ0n) is 11.7. The molecule has 0 radical (unpaired) electrons. The molecule has 2 unspecified atom stereocenters. The molecule has 0 aliphatic carbocycles. The third-order valence-corrected chi connectivity index (χ3v) is 4.09. The van der Waals surface area contributed by atoms with E-state index in [0.717, 1.165) is 12.1 Å². The first-order chi connectivity index (χ1) is 9.58. The van der Waals surface area contributed by atoms with Gasteiger partial charge in [-0.3, -0.25) is 4.79 Å². The van der Waals surface area contributed by atoms with E-state index in [1.807, 2.05) is 19.1 Å². The lowest BCUT2D eigenvalue weighted by Crippen LogP contribution is -2.44. The minimum absolute atomic E-state index is 0. The van der Waals surface area contributed by atoms with E-state index in [9.17, 15) is 4.79 Å². The molecular weight excluding hydrogens is 335 g/mol. The minimum Gasteiger partial charge on any atom is -0.378 e. The summed E-state index contributed by atoms with van der Waals surface area (Å²) in [6.45, 7) is 3.94. The molecule has 0 saturated carbocycles. The summed E-state index contributed by atoms with van der Waals surface area (Å²) in [6.07, 6.45) is 0.391. The van der Waals surface area contributed by atoms with Crippen LogP contribution in [-0.4, -0.2) is 31.7 Å². The lowest BCUT2D eigenvalue weighted by atomic mass is 10.1. The summed E-state index contributed by atoms with van der Waals surface area (Å²) < 4.78 is 5.33. The average Bonchev–Trinajstić information content (AvgIpc) is 2.42. The topological polar surface area (TPSA) is 50.4 Å². The van der Waals surface area contributed by atoms with Crippen molar-refractivity contribution < 1.29 is 9.53 Å². The van der Waals surface area contributed by atoms with Gasteiger partial charge in [-0.1, -0.05) is 35.3 Å². The molecule has 118 valence electrons. The quantitative estimate of drug-likeness (QED) is 0.875. The van der Waals surface area contributed by atoms with Crippen molar-refractivity contribution in [2.45, 2.75) is 25.4 Å². The molecule has 7 heteroatoms. The van der Waals surface area contributed by atoms with Crippen LogP contribution in [-0.2, 0) is 9.53 Å². The predicted octanol–water partition coefficient (Wildman–Crippen LogP) is 2.97. The Morgan fingerprint density at radius 2 is 2.29 bits per heavy atom. The van der Waals surface area contributed by atoms with Crippen LogP contribution < -0.4 is 10.6 Å². The van der Waals surface area contributed by atoms with E-state index in [2.05, 4.69) is 10.6 Å². The second kappa shape index (κ2) is 8.81. The van der Waals surface area contributed by atoms with Gasteiger partial charge in [0, 0.05) is 19.0 Å². The number of benzene rings is 1. The van der Waals surface area contributed by atoms with Crippen molar-refractivity contribution in [3.63, 3.8) is 0 Å². The number of hydrogen-bond donors (Lipinski definition) is 2. The Balaban J connectivity index is 0.00000220. The number of amides is 1. The summed E-state index contributed by atoms with van der Waals surface area (Å²) in [5, 5.41) is 7.16. The van der Waals surface area contributed by atoms with Gasteiger partial charge in [0.15, 0.2) is 0 Å². The molecule has 0 spiro atoms. The second-order valence-corrected chi connectivity index (χ2v) is 5.65. The third kappa shape index (κ3) is 5.31. The maximum atomic E-state index is 12.0. The molecule has 1 aliphatic heterocycles. The van der Waals surface area contributed by atoms with Crippen molar-refractivity contribution in [1.29, 1.82) is 0 Å². The molecule has 2 N–H and O–H groups in total. The SMILES string of the molecule is CC(NC(=O)CC1COCCN1)c1cccc(Cl)c1Cl.Cl. The van der Waals surface area contributed by atoms with Crippen molar-refractivity contribution in [1.82, 2.24) is 10.6 Å². The van der Waals surface area contributed by atoms with Gasteiger partial charge in [0.1, 0.15) is 0 Å². The van der Waals surface area contributed by atoms with Crippen molar-refractivity contribution in [2.24, 2.45) is 0 Å². The van der Waals surface area contributed by atoms with E-state index in [-0.39, 0.29) is 30.4 Å². The molecule has 0 aromatic heterocycles. The Morgan fingerprint density at radius 3 is 2.95 bits per heavy atom. The Bertz CT molecular complexity index is 479. The fraction of sp³-hybridized carbons (Fsp3) is 0.500. The lowest BCUT2D eigenvalue weighted by Gasteiger charge is -2.24. The fourth-order valence-electron chi connectivity index (χ4n) is 2.21. The summed E-state index contributed by atoms with van der Waals surface area (Å²) in [7, 11) is 0. The lowest BCUT2D eigenvalue weighted by molar-refractivity contribution is -0.122. The summed E-state index contributed by atoms with van der Waals surface area (Å²) in [6, 6.07) is 5.30. The Kier molecular flexibility index (Phi) is 7.77. The van der Waals surface area contributed by atoms with E-state index in [0.29, 0.717) is 29.7 Å². The van der Waals surface area contributed by atoms with Crippen molar-refractivity contribution in [3.8, 4) is 0 Å². The molecule has 1 aliphatic rings. The summed E-state index contributed by atoms with van der Waals surface area (Å²) in [5.41, 5.74) is 0.820. The predicted molar refractivity (Wildman–Crippen MR) is 87.5 cm³/mol. The molecule has 2 rings (SSSR count). The van der Waals surface area contributed by atoms with Gasteiger partial charge < -0.3 is 15.4 Å². The number of ether oxygens (including phenoxy) is 1. The van der Waals surface area contributed by atoms with Crippen LogP contribution in [0.5, 0.6) is 0 Å². The first-order valence-corrected chi connectivity index (χ1v) is 7.38. The highest BCUT2D eigenvalue weighted by atomic mass is 35.5. The third-order valence-electron chi connectivity index (χ3n) is 3.26. The van der Waals surface area contributed by atoms with Crippen LogP contribution >= 0.6 is 35.6 Å². The number of carbonyl (C=O) groups is 1. The van der Waals surface area contributed by atoms with Crippen LogP contribution in [0, 0.1) is 0 Å². The van der Waals surface area contributed by atoms with Crippen LogP contribution in [0.1, 0.15) is 24.9 Å². The minimum atomic E-state index is -0.182. The highest BCUT2D eigenvalue weighted by Crippen LogP contribution is 2.29. The smallest absolute Gasteiger partial charge is 0.222 e. The van der Waals surface area contributed by atoms with E-state index >= 15 is 0 Å². The molecule has 0 bridgehead atoms. The molecule has 21 heavy (non-hydrogen) atoms. The fourth-order valence-corrected chi connectivity index (χ4v) is 2.68. The van der Waals surface area contributed by atoms with E-state index in [1.165, 1.54) is 0 Å². The Morgan fingerprint density at radius 1 is 1.52 bits per heavy atom. The van der Waals surface area contributed by atoms with Gasteiger partial charge in [0.05, 0.1) is 29.3 Å². The highest BCUT2D eigenvalue weighted by molar-refractivity contribution is 6.42. The highest BCUT2D eigenvalue weighted by Gasteiger charge is 2.19. The maximum Gasteiger partial charge on any atom is 0.222 e. The Hall–Kier alpha value is -0.520. The van der Waals surface area contributed by atoms with Gasteiger partial charge in [-0.25, -0.2) is 0 Å². The van der Waals surface area contributed by atoms with Crippen LogP contribution in [0.25, 0.3) is 0 Å². The standard InChI is InChI=1S/C14H18Cl2N2O2.ClH/c1-9(11-3-2-4-12(15)14(11)16)18-13(19)7-10-8-20-6-5-17-10;/h2-4,9-10,17H,5-8H2,1H3,(H,18,19);1H. The largest absolute Gasteiger partial charge is 0.378 e. The van der Waals surface area contributed by atoms with Gasteiger partial charge in [0.2, 0.25) is 5.91 Å². The van der Waals surface area contributed by atoms with Crippen LogP contribution in [0.2, 0.25) is 10.0 Å². The number of morpholine rings is 1. The molecule has 1 saturated heterocycles. The van der Waals surface area contributed by atoms with Gasteiger partial charge in [-0.15, -0.1) is 12.4 Å². The molecule has 1 amide bonds. The molecule has 2 atom stereocenters. The normalized spacial score (nSPS) is 19.5. The van der Waals surface area contributed by atoms with Crippen LogP contribution in [0.3, 0.4) is 0 Å². The average molecular weight is 354 g/mol. The first-order valence-electron chi connectivity index (χ1n) is 6.62. The molecule has 1 heterocycles. The zero-order valence-corrected chi connectivity index (χ0v) is 14.0. The summed E-state index contributed by atoms with van der Waals surface area (Å²) >= 11 is 12.1. The monoisotopic (exact) mass is 352 g/mol. The number of nitrogens with one attached hydrogen (secondary N) is 2. The Labute approximate surface area is 140 Å². The van der Waals surface area contributed by atoms with Crippen LogP contribution in [0.4, 0.5) is 0 Å².